The molecule has 0 bridgehead atoms. The fourth-order valence-corrected chi connectivity index (χ4v) is 5.69. The molecule has 0 amide bonds. The van der Waals surface area contributed by atoms with Gasteiger partial charge in [-0.25, -0.2) is 0 Å². The van der Waals surface area contributed by atoms with Crippen molar-refractivity contribution >= 4 is 31.3 Å². The second-order valence-corrected chi connectivity index (χ2v) is 10.3. The highest BCUT2D eigenvalue weighted by Gasteiger charge is 2.38. The molecule has 1 rings (SSSR count). The van der Waals surface area contributed by atoms with Gasteiger partial charge in [0.2, 0.25) is 0 Å². The van der Waals surface area contributed by atoms with Crippen LogP contribution in [0.1, 0.15) is 12.8 Å². The van der Waals surface area contributed by atoms with Crippen LogP contribution in [0.4, 0.5) is 0 Å². The van der Waals surface area contributed by atoms with Gasteiger partial charge in [0.15, 0.2) is 0 Å². The topological polar surface area (TPSA) is 0 Å². The first-order valence-electron chi connectivity index (χ1n) is 3.82. The van der Waals surface area contributed by atoms with E-state index in [1.165, 1.54) is 12.5 Å². The summed E-state index contributed by atoms with van der Waals surface area (Å²) in [4.78, 5) is 0. The quantitative estimate of drug-likeness (QED) is 0.413. The van der Waals surface area contributed by atoms with E-state index >= 15 is 0 Å². The molecule has 0 radical (unpaired) electrons. The minimum Gasteiger partial charge on any atom is -0.125 e. The van der Waals surface area contributed by atoms with Gasteiger partial charge in [-0.1, -0.05) is 25.6 Å². The number of hydrogen-bond donors (Lipinski definition) is 0. The van der Waals surface area contributed by atoms with E-state index in [2.05, 4.69) is 13.1 Å². The first-order valence-corrected chi connectivity index (χ1v) is 7.98. The standard InChI is InChI=1S/C7H14Cl2Si/c1-10(2)5-3-4-6(8)7(10)9/h6-7H,3-5H2,1-2H3. The Morgan fingerprint density at radius 1 is 1.30 bits per heavy atom. The van der Waals surface area contributed by atoms with Gasteiger partial charge in [0.05, 0.1) is 8.07 Å². The maximum atomic E-state index is 6.19. The van der Waals surface area contributed by atoms with Gasteiger partial charge in [-0.15, -0.1) is 23.2 Å². The summed E-state index contributed by atoms with van der Waals surface area (Å²) in [5, 5.41) is 0.542. The number of alkyl halides is 2. The zero-order valence-electron chi connectivity index (χ0n) is 6.53. The third kappa shape index (κ3) is 1.69. The first kappa shape index (κ1) is 8.89. The van der Waals surface area contributed by atoms with Crippen molar-refractivity contribution in [3.05, 3.63) is 0 Å². The van der Waals surface area contributed by atoms with Crippen molar-refractivity contribution in [1.29, 1.82) is 0 Å². The Balaban J connectivity index is 2.60. The van der Waals surface area contributed by atoms with E-state index in [-0.39, 0.29) is 5.38 Å². The third-order valence-electron chi connectivity index (χ3n) is 2.37. The van der Waals surface area contributed by atoms with Gasteiger partial charge in [-0.3, -0.25) is 0 Å². The second kappa shape index (κ2) is 3.04. The number of rotatable bonds is 0. The van der Waals surface area contributed by atoms with Crippen LogP contribution < -0.4 is 0 Å². The van der Waals surface area contributed by atoms with Crippen molar-refractivity contribution in [2.75, 3.05) is 0 Å². The molecule has 0 nitrogen and oxygen atoms in total. The Bertz CT molecular complexity index is 125. The van der Waals surface area contributed by atoms with Crippen LogP contribution in [0, 0.1) is 0 Å². The first-order chi connectivity index (χ1) is 4.54. The molecule has 0 spiro atoms. The molecule has 0 aromatic rings. The molecular weight excluding hydrogens is 183 g/mol. The number of hydrogen-bond acceptors (Lipinski definition) is 0. The van der Waals surface area contributed by atoms with Gasteiger partial charge in [0, 0.05) is 10.4 Å². The van der Waals surface area contributed by atoms with Gasteiger partial charge in [0.1, 0.15) is 0 Å². The molecule has 1 heterocycles. The highest BCUT2D eigenvalue weighted by molar-refractivity contribution is 6.86. The largest absolute Gasteiger partial charge is 0.125 e. The van der Waals surface area contributed by atoms with Crippen LogP contribution in [0.2, 0.25) is 19.1 Å². The maximum Gasteiger partial charge on any atom is 0.0698 e. The van der Waals surface area contributed by atoms with Crippen LogP contribution in [0.15, 0.2) is 0 Å². The average Bonchev–Trinajstić information content (AvgIpc) is 1.83. The van der Waals surface area contributed by atoms with Crippen LogP contribution in [0.3, 0.4) is 0 Å². The van der Waals surface area contributed by atoms with E-state index in [1.807, 2.05) is 0 Å². The molecule has 10 heavy (non-hydrogen) atoms. The normalized spacial score (nSPS) is 39.6. The van der Waals surface area contributed by atoms with Crippen molar-refractivity contribution in [2.24, 2.45) is 0 Å². The summed E-state index contributed by atoms with van der Waals surface area (Å²) in [6.07, 6.45) is 2.41. The highest BCUT2D eigenvalue weighted by Crippen LogP contribution is 2.34. The van der Waals surface area contributed by atoms with Crippen LogP contribution in [-0.2, 0) is 0 Å². The Morgan fingerprint density at radius 2 is 1.90 bits per heavy atom. The van der Waals surface area contributed by atoms with Crippen LogP contribution >= 0.6 is 23.2 Å². The Labute approximate surface area is 73.9 Å². The molecule has 0 aromatic carbocycles. The molecule has 3 heteroatoms. The summed E-state index contributed by atoms with van der Waals surface area (Å²) in [6.45, 7) is 4.67. The van der Waals surface area contributed by atoms with Crippen molar-refractivity contribution in [1.82, 2.24) is 0 Å². The highest BCUT2D eigenvalue weighted by atomic mass is 35.5. The van der Waals surface area contributed by atoms with E-state index in [9.17, 15) is 0 Å². The molecule has 1 aliphatic rings. The fraction of sp³-hybridized carbons (Fsp3) is 1.00. The molecule has 0 aromatic heterocycles. The molecule has 60 valence electrons. The molecule has 1 saturated heterocycles. The lowest BCUT2D eigenvalue weighted by Crippen LogP contribution is -2.46. The van der Waals surface area contributed by atoms with Crippen LogP contribution in [0.25, 0.3) is 0 Å². The predicted octanol–water partition coefficient (Wildman–Crippen LogP) is 3.24. The van der Waals surface area contributed by atoms with Crippen LogP contribution in [0.5, 0.6) is 0 Å². The Hall–Kier alpha value is 0.797. The predicted molar refractivity (Wildman–Crippen MR) is 50.8 cm³/mol. The molecule has 0 N–H and O–H groups in total. The van der Waals surface area contributed by atoms with Crippen molar-refractivity contribution in [2.45, 2.75) is 42.4 Å². The van der Waals surface area contributed by atoms with Crippen molar-refractivity contribution in [3.8, 4) is 0 Å². The average molecular weight is 197 g/mol. The summed E-state index contributed by atoms with van der Waals surface area (Å²) in [7, 11) is -1.12. The molecule has 1 fully saturated rings. The lowest BCUT2D eigenvalue weighted by molar-refractivity contribution is 0.704. The summed E-state index contributed by atoms with van der Waals surface area (Å²) >= 11 is 12.2. The zero-order chi connectivity index (χ0) is 7.78. The Morgan fingerprint density at radius 3 is 2.30 bits per heavy atom. The molecule has 0 aliphatic carbocycles. The van der Waals surface area contributed by atoms with E-state index in [0.29, 0.717) is 5.00 Å². The summed E-state index contributed by atoms with van der Waals surface area (Å²) in [5.41, 5.74) is 0. The minimum absolute atomic E-state index is 0.247. The molecular formula is C7H14Cl2Si. The molecule has 0 saturated carbocycles. The van der Waals surface area contributed by atoms with Crippen molar-refractivity contribution in [3.63, 3.8) is 0 Å². The SMILES string of the molecule is C[Si]1(C)CCCC(Cl)C1Cl. The van der Waals surface area contributed by atoms with E-state index < -0.39 is 8.07 Å². The lowest BCUT2D eigenvalue weighted by atomic mass is 10.2. The van der Waals surface area contributed by atoms with Gasteiger partial charge in [0.25, 0.3) is 0 Å². The van der Waals surface area contributed by atoms with E-state index in [4.69, 9.17) is 23.2 Å². The van der Waals surface area contributed by atoms with Gasteiger partial charge in [-0.2, -0.15) is 0 Å². The zero-order valence-corrected chi connectivity index (χ0v) is 9.04. The monoisotopic (exact) mass is 196 g/mol. The van der Waals surface area contributed by atoms with Crippen LogP contribution in [-0.4, -0.2) is 18.5 Å². The maximum absolute atomic E-state index is 6.19. The van der Waals surface area contributed by atoms with E-state index in [0.717, 1.165) is 6.42 Å². The summed E-state index contributed by atoms with van der Waals surface area (Å²) < 4.78 is 0. The third-order valence-corrected chi connectivity index (χ3v) is 8.79. The van der Waals surface area contributed by atoms with Gasteiger partial charge >= 0.3 is 0 Å². The molecule has 2 unspecified atom stereocenters. The van der Waals surface area contributed by atoms with Gasteiger partial charge in [-0.05, 0) is 6.42 Å². The fourth-order valence-electron chi connectivity index (χ4n) is 1.53. The summed E-state index contributed by atoms with van der Waals surface area (Å²) in [5.74, 6) is 0. The summed E-state index contributed by atoms with van der Waals surface area (Å²) in [6, 6.07) is 1.35. The van der Waals surface area contributed by atoms with Crippen molar-refractivity contribution < 1.29 is 0 Å². The minimum atomic E-state index is -1.12. The molecule has 1 aliphatic heterocycles. The smallest absolute Gasteiger partial charge is 0.0698 e. The second-order valence-electron chi connectivity index (χ2n) is 3.80. The lowest BCUT2D eigenvalue weighted by Gasteiger charge is -2.35. The Kier molecular flexibility index (Phi) is 2.70. The number of halogens is 2. The van der Waals surface area contributed by atoms with E-state index in [1.54, 1.807) is 0 Å². The molecule has 2 atom stereocenters. The van der Waals surface area contributed by atoms with Gasteiger partial charge < -0.3 is 0 Å².